The molecule has 6 nitrogen and oxygen atoms in total. The van der Waals surface area contributed by atoms with Gasteiger partial charge >= 0.3 is 11.9 Å². The summed E-state index contributed by atoms with van der Waals surface area (Å²) in [5, 5.41) is 9.32. The number of rotatable bonds is 7. The Labute approximate surface area is 142 Å². The SMILES string of the molecule is CN(C(=O)CCc1ccccc1)[C@@H](CC(=O)OC(C)(C)C)C(=O)O. The predicted molar refractivity (Wildman–Crippen MR) is 89.4 cm³/mol. The minimum absolute atomic E-state index is 0.179. The van der Waals surface area contributed by atoms with Crippen molar-refractivity contribution in [3.05, 3.63) is 35.9 Å². The molecule has 0 heterocycles. The van der Waals surface area contributed by atoms with Crippen LogP contribution in [0.15, 0.2) is 30.3 Å². The highest BCUT2D eigenvalue weighted by molar-refractivity contribution is 5.87. The number of benzene rings is 1. The van der Waals surface area contributed by atoms with E-state index < -0.39 is 23.6 Å². The molecule has 0 saturated heterocycles. The van der Waals surface area contributed by atoms with Gasteiger partial charge in [-0.25, -0.2) is 4.79 Å². The number of likely N-dealkylation sites (N-methyl/N-ethyl adjacent to an activating group) is 1. The van der Waals surface area contributed by atoms with Crippen molar-refractivity contribution >= 4 is 17.8 Å². The highest BCUT2D eigenvalue weighted by Crippen LogP contribution is 2.13. The summed E-state index contributed by atoms with van der Waals surface area (Å²) in [6.07, 6.45) is 0.321. The quantitative estimate of drug-likeness (QED) is 0.773. The Morgan fingerprint density at radius 1 is 1.17 bits per heavy atom. The fraction of sp³-hybridized carbons (Fsp3) is 0.500. The number of nitrogens with zero attached hydrogens (tertiary/aromatic N) is 1. The molecule has 0 fully saturated rings. The van der Waals surface area contributed by atoms with Gasteiger partial charge in [0.15, 0.2) is 0 Å². The molecule has 0 radical (unpaired) electrons. The number of aryl methyl sites for hydroxylation is 1. The van der Waals surface area contributed by atoms with Crippen molar-refractivity contribution in [2.75, 3.05) is 7.05 Å². The van der Waals surface area contributed by atoms with Crippen LogP contribution in [0, 0.1) is 0 Å². The Kier molecular flexibility index (Phi) is 6.95. The molecule has 0 saturated carbocycles. The van der Waals surface area contributed by atoms with Crippen LogP contribution < -0.4 is 0 Å². The van der Waals surface area contributed by atoms with Crippen molar-refractivity contribution in [1.29, 1.82) is 0 Å². The van der Waals surface area contributed by atoms with Gasteiger partial charge in [0.1, 0.15) is 11.6 Å². The van der Waals surface area contributed by atoms with Crippen molar-refractivity contribution in [1.82, 2.24) is 4.90 Å². The molecule has 1 aromatic rings. The fourth-order valence-corrected chi connectivity index (χ4v) is 2.18. The summed E-state index contributed by atoms with van der Waals surface area (Å²) in [4.78, 5) is 36.6. The van der Waals surface area contributed by atoms with Crippen LogP contribution in [0.1, 0.15) is 39.2 Å². The molecule has 0 aliphatic carbocycles. The number of ether oxygens (including phenoxy) is 1. The van der Waals surface area contributed by atoms with Crippen LogP contribution >= 0.6 is 0 Å². The smallest absolute Gasteiger partial charge is 0.327 e. The minimum Gasteiger partial charge on any atom is -0.480 e. The van der Waals surface area contributed by atoms with Gasteiger partial charge in [-0.1, -0.05) is 30.3 Å². The highest BCUT2D eigenvalue weighted by atomic mass is 16.6. The second kappa shape index (κ2) is 8.47. The summed E-state index contributed by atoms with van der Waals surface area (Å²) in [7, 11) is 1.40. The molecule has 1 amide bonds. The lowest BCUT2D eigenvalue weighted by atomic mass is 10.1. The highest BCUT2D eigenvalue weighted by Gasteiger charge is 2.30. The first-order chi connectivity index (χ1) is 11.1. The topological polar surface area (TPSA) is 83.9 Å². The molecule has 1 rings (SSSR count). The van der Waals surface area contributed by atoms with E-state index in [0.29, 0.717) is 6.42 Å². The Balaban J connectivity index is 2.64. The van der Waals surface area contributed by atoms with Gasteiger partial charge in [-0.2, -0.15) is 0 Å². The van der Waals surface area contributed by atoms with Crippen molar-refractivity contribution in [2.45, 2.75) is 51.7 Å². The number of carbonyl (C=O) groups excluding carboxylic acids is 2. The third kappa shape index (κ3) is 6.81. The summed E-state index contributed by atoms with van der Waals surface area (Å²) < 4.78 is 5.14. The molecular weight excluding hydrogens is 310 g/mol. The molecule has 0 aliphatic heterocycles. The second-order valence-electron chi connectivity index (χ2n) is 6.63. The minimum atomic E-state index is -1.23. The van der Waals surface area contributed by atoms with E-state index in [0.717, 1.165) is 10.5 Å². The molecule has 6 heteroatoms. The lowest BCUT2D eigenvalue weighted by molar-refractivity contribution is -0.161. The zero-order valence-corrected chi connectivity index (χ0v) is 14.6. The number of hydrogen-bond acceptors (Lipinski definition) is 4. The average molecular weight is 335 g/mol. The molecule has 1 atom stereocenters. The van der Waals surface area contributed by atoms with E-state index in [4.69, 9.17) is 4.74 Å². The maximum Gasteiger partial charge on any atom is 0.327 e. The monoisotopic (exact) mass is 335 g/mol. The maximum atomic E-state index is 12.2. The fourth-order valence-electron chi connectivity index (χ4n) is 2.18. The molecule has 0 unspecified atom stereocenters. The van der Waals surface area contributed by atoms with Gasteiger partial charge in [0.2, 0.25) is 5.91 Å². The van der Waals surface area contributed by atoms with Crippen molar-refractivity contribution in [2.24, 2.45) is 0 Å². The van der Waals surface area contributed by atoms with Crippen LogP contribution in [0.2, 0.25) is 0 Å². The van der Waals surface area contributed by atoms with Gasteiger partial charge in [-0.15, -0.1) is 0 Å². The van der Waals surface area contributed by atoms with Gasteiger partial charge in [-0.05, 0) is 32.8 Å². The summed E-state index contributed by atoms with van der Waals surface area (Å²) in [5.74, 6) is -2.19. The molecule has 0 aliphatic rings. The standard InChI is InChI=1S/C18H25NO5/c1-18(2,3)24-16(21)12-14(17(22)23)19(4)15(20)11-10-13-8-6-5-7-9-13/h5-9,14H,10-12H2,1-4H3,(H,22,23)/t14-/m0/s1. The van der Waals surface area contributed by atoms with Gasteiger partial charge in [0.25, 0.3) is 0 Å². The zero-order valence-electron chi connectivity index (χ0n) is 14.6. The van der Waals surface area contributed by atoms with Crippen LogP contribution in [0.25, 0.3) is 0 Å². The third-order valence-electron chi connectivity index (χ3n) is 3.40. The van der Waals surface area contributed by atoms with Crippen molar-refractivity contribution < 1.29 is 24.2 Å². The summed E-state index contributed by atoms with van der Waals surface area (Å²) in [6.45, 7) is 5.11. The lowest BCUT2D eigenvalue weighted by Gasteiger charge is -2.26. The Morgan fingerprint density at radius 2 is 1.75 bits per heavy atom. The van der Waals surface area contributed by atoms with Crippen molar-refractivity contribution in [3.63, 3.8) is 0 Å². The lowest BCUT2D eigenvalue weighted by Crippen LogP contribution is -2.44. The number of hydrogen-bond donors (Lipinski definition) is 1. The van der Waals surface area contributed by atoms with Crippen LogP contribution in [0.5, 0.6) is 0 Å². The van der Waals surface area contributed by atoms with Gasteiger partial charge in [-0.3, -0.25) is 9.59 Å². The first-order valence-corrected chi connectivity index (χ1v) is 7.84. The number of aliphatic carboxylic acids is 1. The van der Waals surface area contributed by atoms with E-state index in [2.05, 4.69) is 0 Å². The predicted octanol–water partition coefficient (Wildman–Crippen LogP) is 2.26. The molecule has 1 aromatic carbocycles. The van der Waals surface area contributed by atoms with E-state index in [-0.39, 0.29) is 18.7 Å². The number of esters is 1. The van der Waals surface area contributed by atoms with E-state index in [1.54, 1.807) is 20.8 Å². The number of carboxylic acids is 1. The second-order valence-corrected chi connectivity index (χ2v) is 6.63. The molecular formula is C18H25NO5. The van der Waals surface area contributed by atoms with E-state index in [1.165, 1.54) is 7.05 Å². The third-order valence-corrected chi connectivity index (χ3v) is 3.40. The largest absolute Gasteiger partial charge is 0.480 e. The zero-order chi connectivity index (χ0) is 18.3. The van der Waals surface area contributed by atoms with Crippen LogP contribution in [0.3, 0.4) is 0 Å². The first-order valence-electron chi connectivity index (χ1n) is 7.84. The number of carboxylic acid groups (broad SMARTS) is 1. The van der Waals surface area contributed by atoms with E-state index >= 15 is 0 Å². The van der Waals surface area contributed by atoms with Crippen LogP contribution in [-0.2, 0) is 25.5 Å². The van der Waals surface area contributed by atoms with Crippen LogP contribution in [0.4, 0.5) is 0 Å². The van der Waals surface area contributed by atoms with Gasteiger partial charge < -0.3 is 14.7 Å². The van der Waals surface area contributed by atoms with E-state index in [9.17, 15) is 19.5 Å². The molecule has 1 N–H and O–H groups in total. The Hall–Kier alpha value is -2.37. The Bertz CT molecular complexity index is 577. The van der Waals surface area contributed by atoms with Crippen molar-refractivity contribution in [3.8, 4) is 0 Å². The number of carbonyl (C=O) groups is 3. The molecule has 24 heavy (non-hydrogen) atoms. The van der Waals surface area contributed by atoms with Gasteiger partial charge in [0, 0.05) is 13.5 Å². The first kappa shape index (κ1) is 19.7. The van der Waals surface area contributed by atoms with E-state index in [1.807, 2.05) is 30.3 Å². The molecule has 0 bridgehead atoms. The molecule has 0 aromatic heterocycles. The molecule has 132 valence electrons. The summed E-state index contributed by atoms with van der Waals surface area (Å²) >= 11 is 0. The van der Waals surface area contributed by atoms with Crippen LogP contribution in [-0.4, -0.2) is 46.5 Å². The maximum absolute atomic E-state index is 12.2. The summed E-state index contributed by atoms with van der Waals surface area (Å²) in [5.41, 5.74) is 0.300. The summed E-state index contributed by atoms with van der Waals surface area (Å²) in [6, 6.07) is 8.23. The van der Waals surface area contributed by atoms with Gasteiger partial charge in [0.05, 0.1) is 6.42 Å². The molecule has 0 spiro atoms. The Morgan fingerprint density at radius 3 is 2.25 bits per heavy atom. The average Bonchev–Trinajstić information content (AvgIpc) is 2.48. The number of amides is 1. The normalized spacial score (nSPS) is 12.3.